The van der Waals surface area contributed by atoms with Crippen molar-refractivity contribution in [2.24, 2.45) is 0 Å². The summed E-state index contributed by atoms with van der Waals surface area (Å²) in [6.45, 7) is 2.99. The zero-order valence-corrected chi connectivity index (χ0v) is 15.3. The van der Waals surface area contributed by atoms with Crippen LogP contribution in [0.5, 0.6) is 0 Å². The molecule has 2 rings (SSSR count). The summed E-state index contributed by atoms with van der Waals surface area (Å²) in [6, 6.07) is 5.34. The Morgan fingerprint density at radius 2 is 1.92 bits per heavy atom. The second-order valence-corrected chi connectivity index (χ2v) is 8.27. The zero-order valence-electron chi connectivity index (χ0n) is 14.4. The number of sulfonamides is 1. The summed E-state index contributed by atoms with van der Waals surface area (Å²) >= 11 is 0. The van der Waals surface area contributed by atoms with Crippen LogP contribution in [0.4, 0.5) is 0 Å². The van der Waals surface area contributed by atoms with Gasteiger partial charge >= 0.3 is 5.97 Å². The smallest absolute Gasteiger partial charge is 0.323 e. The largest absolute Gasteiger partial charge is 0.480 e. The molecule has 0 heterocycles. The SMILES string of the molecule is CC(C)N(CC(=O)O)C(=O)c1cccc(S(=O)(=O)NC2CCCC2)c1. The van der Waals surface area contributed by atoms with Gasteiger partial charge in [0, 0.05) is 17.6 Å². The van der Waals surface area contributed by atoms with Gasteiger partial charge in [0.25, 0.3) is 5.91 Å². The van der Waals surface area contributed by atoms with Gasteiger partial charge in [-0.2, -0.15) is 0 Å². The highest BCUT2D eigenvalue weighted by Gasteiger charge is 2.25. The number of benzene rings is 1. The minimum absolute atomic E-state index is 0.0179. The predicted molar refractivity (Wildman–Crippen MR) is 92.8 cm³/mol. The first-order valence-corrected chi connectivity index (χ1v) is 9.84. The van der Waals surface area contributed by atoms with Crippen molar-refractivity contribution in [3.63, 3.8) is 0 Å². The first kappa shape index (κ1) is 19.4. The van der Waals surface area contributed by atoms with E-state index in [2.05, 4.69) is 4.72 Å². The molecule has 0 aromatic heterocycles. The second-order valence-electron chi connectivity index (χ2n) is 6.55. The van der Waals surface area contributed by atoms with Gasteiger partial charge in [0.1, 0.15) is 6.54 Å². The molecule has 7 nitrogen and oxygen atoms in total. The van der Waals surface area contributed by atoms with Crippen LogP contribution in [-0.4, -0.2) is 48.9 Å². The summed E-state index contributed by atoms with van der Waals surface area (Å²) in [4.78, 5) is 24.8. The Balaban J connectivity index is 2.24. The monoisotopic (exact) mass is 368 g/mol. The van der Waals surface area contributed by atoms with E-state index in [9.17, 15) is 18.0 Å². The number of aliphatic carboxylic acids is 1. The van der Waals surface area contributed by atoms with Gasteiger partial charge < -0.3 is 10.0 Å². The summed E-state index contributed by atoms with van der Waals surface area (Å²) in [7, 11) is -3.71. The van der Waals surface area contributed by atoms with Crippen LogP contribution in [-0.2, 0) is 14.8 Å². The van der Waals surface area contributed by atoms with Crippen molar-refractivity contribution in [1.82, 2.24) is 9.62 Å². The van der Waals surface area contributed by atoms with E-state index in [1.165, 1.54) is 29.2 Å². The van der Waals surface area contributed by atoms with Gasteiger partial charge in [-0.15, -0.1) is 0 Å². The molecule has 0 radical (unpaired) electrons. The normalized spacial score (nSPS) is 15.5. The maximum Gasteiger partial charge on any atom is 0.323 e. The summed E-state index contributed by atoms with van der Waals surface area (Å²) in [6.07, 6.45) is 3.64. The van der Waals surface area contributed by atoms with Crippen molar-refractivity contribution in [1.29, 1.82) is 0 Å². The lowest BCUT2D eigenvalue weighted by Gasteiger charge is -2.25. The van der Waals surface area contributed by atoms with Crippen molar-refractivity contribution in [2.45, 2.75) is 56.5 Å². The van der Waals surface area contributed by atoms with E-state index in [1.54, 1.807) is 13.8 Å². The first-order chi connectivity index (χ1) is 11.7. The van der Waals surface area contributed by atoms with E-state index in [0.717, 1.165) is 25.7 Å². The van der Waals surface area contributed by atoms with E-state index < -0.39 is 28.4 Å². The summed E-state index contributed by atoms with van der Waals surface area (Å²) < 4.78 is 27.7. The molecule has 1 aliphatic rings. The third-order valence-corrected chi connectivity index (χ3v) is 5.78. The van der Waals surface area contributed by atoms with Crippen molar-refractivity contribution >= 4 is 21.9 Å². The molecule has 1 fully saturated rings. The van der Waals surface area contributed by atoms with E-state index in [4.69, 9.17) is 5.11 Å². The molecule has 8 heteroatoms. The molecular weight excluding hydrogens is 344 g/mol. The lowest BCUT2D eigenvalue weighted by molar-refractivity contribution is -0.138. The number of rotatable bonds is 7. The van der Waals surface area contributed by atoms with Crippen molar-refractivity contribution in [3.8, 4) is 0 Å². The Kier molecular flexibility index (Phi) is 6.18. The molecule has 0 atom stereocenters. The Bertz CT molecular complexity index is 739. The van der Waals surface area contributed by atoms with Crippen LogP contribution < -0.4 is 4.72 Å². The number of carboxylic acids is 1. The highest BCUT2D eigenvalue weighted by molar-refractivity contribution is 7.89. The molecule has 0 aliphatic heterocycles. The van der Waals surface area contributed by atoms with Gasteiger partial charge in [0.05, 0.1) is 4.90 Å². The maximum absolute atomic E-state index is 12.6. The van der Waals surface area contributed by atoms with Crippen LogP contribution in [0.15, 0.2) is 29.2 Å². The van der Waals surface area contributed by atoms with Crippen molar-refractivity contribution in [2.75, 3.05) is 6.54 Å². The topological polar surface area (TPSA) is 104 Å². The molecule has 1 aromatic carbocycles. The number of carbonyl (C=O) groups excluding carboxylic acids is 1. The van der Waals surface area contributed by atoms with Gasteiger partial charge in [0.2, 0.25) is 10.0 Å². The number of carbonyl (C=O) groups is 2. The highest BCUT2D eigenvalue weighted by atomic mass is 32.2. The van der Waals surface area contributed by atoms with Crippen LogP contribution in [0.2, 0.25) is 0 Å². The van der Waals surface area contributed by atoms with Gasteiger partial charge in [0.15, 0.2) is 0 Å². The molecule has 1 aromatic rings. The van der Waals surface area contributed by atoms with E-state index in [-0.39, 0.29) is 22.5 Å². The Morgan fingerprint density at radius 3 is 2.48 bits per heavy atom. The van der Waals surface area contributed by atoms with Crippen molar-refractivity contribution < 1.29 is 23.1 Å². The molecule has 1 aliphatic carbocycles. The predicted octanol–water partition coefficient (Wildman–Crippen LogP) is 1.84. The second kappa shape index (κ2) is 7.97. The molecule has 0 unspecified atom stereocenters. The minimum atomic E-state index is -3.71. The molecule has 1 saturated carbocycles. The third kappa shape index (κ3) is 5.02. The Labute approximate surface area is 148 Å². The maximum atomic E-state index is 12.6. The molecule has 1 amide bonds. The number of hydrogen-bond donors (Lipinski definition) is 2. The van der Waals surface area contributed by atoms with Gasteiger partial charge in [-0.25, -0.2) is 13.1 Å². The zero-order chi connectivity index (χ0) is 18.6. The average molecular weight is 368 g/mol. The third-order valence-electron chi connectivity index (χ3n) is 4.26. The molecule has 138 valence electrons. The molecular formula is C17H24N2O5S. The summed E-state index contributed by atoms with van der Waals surface area (Å²) in [5.41, 5.74) is 0.157. The number of carboxylic acid groups (broad SMARTS) is 1. The Morgan fingerprint density at radius 1 is 1.28 bits per heavy atom. The number of amides is 1. The van der Waals surface area contributed by atoms with E-state index >= 15 is 0 Å². The van der Waals surface area contributed by atoms with Gasteiger partial charge in [-0.3, -0.25) is 9.59 Å². The van der Waals surface area contributed by atoms with Gasteiger partial charge in [-0.1, -0.05) is 18.9 Å². The number of hydrogen-bond acceptors (Lipinski definition) is 4. The lowest BCUT2D eigenvalue weighted by atomic mass is 10.1. The highest BCUT2D eigenvalue weighted by Crippen LogP contribution is 2.21. The van der Waals surface area contributed by atoms with Crippen molar-refractivity contribution in [3.05, 3.63) is 29.8 Å². The minimum Gasteiger partial charge on any atom is -0.480 e. The van der Waals surface area contributed by atoms with Crippen LogP contribution in [0.25, 0.3) is 0 Å². The molecule has 2 N–H and O–H groups in total. The van der Waals surface area contributed by atoms with Crippen LogP contribution in [0.1, 0.15) is 49.9 Å². The summed E-state index contributed by atoms with van der Waals surface area (Å²) in [5, 5.41) is 8.97. The number of nitrogens with zero attached hydrogens (tertiary/aromatic N) is 1. The quantitative estimate of drug-likeness (QED) is 0.764. The molecule has 0 bridgehead atoms. The fraction of sp³-hybridized carbons (Fsp3) is 0.529. The van der Waals surface area contributed by atoms with Crippen LogP contribution in [0, 0.1) is 0 Å². The fourth-order valence-corrected chi connectivity index (χ4v) is 4.28. The molecule has 25 heavy (non-hydrogen) atoms. The molecule has 0 saturated heterocycles. The Hall–Kier alpha value is -1.93. The first-order valence-electron chi connectivity index (χ1n) is 8.36. The fourth-order valence-electron chi connectivity index (χ4n) is 2.93. The molecule has 0 spiro atoms. The van der Waals surface area contributed by atoms with E-state index in [1.807, 2.05) is 0 Å². The van der Waals surface area contributed by atoms with Crippen LogP contribution >= 0.6 is 0 Å². The van der Waals surface area contributed by atoms with Gasteiger partial charge in [-0.05, 0) is 44.9 Å². The van der Waals surface area contributed by atoms with Crippen LogP contribution in [0.3, 0.4) is 0 Å². The van der Waals surface area contributed by atoms with E-state index in [0.29, 0.717) is 0 Å². The standard InChI is InChI=1S/C17H24N2O5S/c1-12(2)19(11-16(20)21)17(22)13-6-5-9-15(10-13)25(23,24)18-14-7-3-4-8-14/h5-6,9-10,12,14,18H,3-4,7-8,11H2,1-2H3,(H,20,21). The summed E-state index contributed by atoms with van der Waals surface area (Å²) in [5.74, 6) is -1.62. The average Bonchev–Trinajstić information content (AvgIpc) is 3.04. The number of nitrogens with one attached hydrogen (secondary N) is 1. The lowest BCUT2D eigenvalue weighted by Crippen LogP contribution is -2.40.